The summed E-state index contributed by atoms with van der Waals surface area (Å²) in [5.74, 6) is 1.76. The van der Waals surface area contributed by atoms with Gasteiger partial charge in [-0.3, -0.25) is 4.79 Å². The Morgan fingerprint density at radius 2 is 1.24 bits per heavy atom. The number of rotatable bonds is 18. The fourth-order valence-electron chi connectivity index (χ4n) is 3.72. The van der Waals surface area contributed by atoms with E-state index in [1.54, 1.807) is 0 Å². The van der Waals surface area contributed by atoms with Crippen molar-refractivity contribution in [3.05, 3.63) is 0 Å². The molecule has 0 aromatic heterocycles. The molecule has 0 aromatic carbocycles. The van der Waals surface area contributed by atoms with Crippen molar-refractivity contribution in [2.75, 3.05) is 7.11 Å². The first-order chi connectivity index (χ1) is 12.2. The van der Waals surface area contributed by atoms with Gasteiger partial charge in [-0.05, 0) is 18.3 Å². The van der Waals surface area contributed by atoms with Crippen molar-refractivity contribution in [1.82, 2.24) is 0 Å². The Hall–Kier alpha value is -0.530. The van der Waals surface area contributed by atoms with Crippen LogP contribution >= 0.6 is 0 Å². The molecule has 0 aliphatic rings. The van der Waals surface area contributed by atoms with Crippen molar-refractivity contribution in [1.29, 1.82) is 0 Å². The van der Waals surface area contributed by atoms with Crippen LogP contribution in [0.5, 0.6) is 0 Å². The molecular formula is C23H46O2. The Morgan fingerprint density at radius 3 is 1.72 bits per heavy atom. The molecule has 2 nitrogen and oxygen atoms in total. The summed E-state index contributed by atoms with van der Waals surface area (Å²) in [7, 11) is 1.47. The molecule has 0 radical (unpaired) electrons. The van der Waals surface area contributed by atoms with Crippen LogP contribution in [0.3, 0.4) is 0 Å². The zero-order valence-corrected chi connectivity index (χ0v) is 17.8. The number of ether oxygens (including phenoxy) is 1. The predicted octanol–water partition coefficient (Wildman–Crippen LogP) is 7.69. The Balaban J connectivity index is 3.66. The van der Waals surface area contributed by atoms with E-state index < -0.39 is 0 Å². The Bertz CT molecular complexity index is 288. The molecule has 2 heteroatoms. The van der Waals surface area contributed by atoms with Crippen LogP contribution in [0.15, 0.2) is 0 Å². The molecule has 150 valence electrons. The molecule has 0 saturated carbocycles. The van der Waals surface area contributed by atoms with E-state index >= 15 is 0 Å². The average Bonchev–Trinajstić information content (AvgIpc) is 2.63. The second kappa shape index (κ2) is 18.3. The third-order valence-corrected chi connectivity index (χ3v) is 5.81. The predicted molar refractivity (Wildman–Crippen MR) is 110 cm³/mol. The van der Waals surface area contributed by atoms with Gasteiger partial charge in [0, 0.05) is 6.42 Å². The molecule has 0 heterocycles. The van der Waals surface area contributed by atoms with Gasteiger partial charge in [0.25, 0.3) is 0 Å². The van der Waals surface area contributed by atoms with Crippen molar-refractivity contribution >= 4 is 5.97 Å². The summed E-state index contributed by atoms with van der Waals surface area (Å²) in [6.45, 7) is 7.09. The topological polar surface area (TPSA) is 26.3 Å². The van der Waals surface area contributed by atoms with Gasteiger partial charge in [0.05, 0.1) is 7.11 Å². The third-order valence-electron chi connectivity index (χ3n) is 5.81. The van der Waals surface area contributed by atoms with Crippen LogP contribution in [0.25, 0.3) is 0 Å². The van der Waals surface area contributed by atoms with E-state index in [0.29, 0.717) is 6.42 Å². The van der Waals surface area contributed by atoms with E-state index in [2.05, 4.69) is 25.5 Å². The maximum absolute atomic E-state index is 11.1. The summed E-state index contributed by atoms with van der Waals surface area (Å²) in [6.07, 6.45) is 20.8. The highest BCUT2D eigenvalue weighted by molar-refractivity contribution is 5.68. The molecule has 0 aromatic rings. The molecule has 0 N–H and O–H groups in total. The Kier molecular flexibility index (Phi) is 17.9. The smallest absolute Gasteiger partial charge is 0.305 e. The van der Waals surface area contributed by atoms with Crippen LogP contribution < -0.4 is 0 Å². The highest BCUT2D eigenvalue weighted by atomic mass is 16.5. The van der Waals surface area contributed by atoms with Gasteiger partial charge in [-0.15, -0.1) is 0 Å². The van der Waals surface area contributed by atoms with Gasteiger partial charge in [-0.2, -0.15) is 0 Å². The number of unbranched alkanes of at least 4 members (excludes halogenated alkanes) is 10. The number of esters is 1. The standard InChI is InChI=1S/C23H46O2/c1-5-7-8-9-12-15-18-22(21(3)6-2)19-16-13-10-11-14-17-20-23(24)25-4/h21-22H,5-20H2,1-4H3. The van der Waals surface area contributed by atoms with Crippen LogP contribution in [-0.2, 0) is 9.53 Å². The molecular weight excluding hydrogens is 308 g/mol. The number of hydrogen-bond acceptors (Lipinski definition) is 2. The number of carbonyl (C=O) groups excluding carboxylic acids is 1. The summed E-state index contributed by atoms with van der Waals surface area (Å²) in [5.41, 5.74) is 0. The number of methoxy groups -OCH3 is 1. The minimum absolute atomic E-state index is 0.0638. The highest BCUT2D eigenvalue weighted by Gasteiger charge is 2.15. The molecule has 0 fully saturated rings. The Labute approximate surface area is 158 Å². The van der Waals surface area contributed by atoms with E-state index in [9.17, 15) is 4.79 Å². The van der Waals surface area contributed by atoms with Gasteiger partial charge in [-0.1, -0.05) is 111 Å². The molecule has 0 bridgehead atoms. The SMILES string of the molecule is CCCCCCCCC(CCCCCCCCC(=O)OC)C(C)CC. The maximum Gasteiger partial charge on any atom is 0.305 e. The van der Waals surface area contributed by atoms with Gasteiger partial charge in [0.1, 0.15) is 0 Å². The molecule has 0 spiro atoms. The summed E-state index contributed by atoms with van der Waals surface area (Å²) >= 11 is 0. The third kappa shape index (κ3) is 15.4. The molecule has 0 aliphatic heterocycles. The minimum Gasteiger partial charge on any atom is -0.469 e. The van der Waals surface area contributed by atoms with E-state index in [1.165, 1.54) is 97.0 Å². The van der Waals surface area contributed by atoms with E-state index in [4.69, 9.17) is 0 Å². The first kappa shape index (κ1) is 24.5. The molecule has 2 atom stereocenters. The van der Waals surface area contributed by atoms with Gasteiger partial charge in [-0.25, -0.2) is 0 Å². The molecule has 0 aliphatic carbocycles. The lowest BCUT2D eigenvalue weighted by atomic mass is 9.83. The average molecular weight is 355 g/mol. The molecule has 0 rings (SSSR count). The first-order valence-corrected chi connectivity index (χ1v) is 11.2. The van der Waals surface area contributed by atoms with E-state index in [-0.39, 0.29) is 5.97 Å². The van der Waals surface area contributed by atoms with Crippen molar-refractivity contribution < 1.29 is 9.53 Å². The lowest BCUT2D eigenvalue weighted by molar-refractivity contribution is -0.140. The van der Waals surface area contributed by atoms with Gasteiger partial charge in [0.15, 0.2) is 0 Å². The van der Waals surface area contributed by atoms with E-state index in [0.717, 1.165) is 18.3 Å². The summed E-state index contributed by atoms with van der Waals surface area (Å²) in [6, 6.07) is 0. The van der Waals surface area contributed by atoms with Crippen molar-refractivity contribution in [3.63, 3.8) is 0 Å². The normalized spacial score (nSPS) is 13.6. The summed E-state index contributed by atoms with van der Waals surface area (Å²) < 4.78 is 4.68. The van der Waals surface area contributed by atoms with Crippen LogP contribution in [0.1, 0.15) is 124 Å². The zero-order valence-electron chi connectivity index (χ0n) is 17.8. The fourth-order valence-corrected chi connectivity index (χ4v) is 3.72. The fraction of sp³-hybridized carbons (Fsp3) is 0.957. The van der Waals surface area contributed by atoms with Crippen molar-refractivity contribution in [2.45, 2.75) is 124 Å². The van der Waals surface area contributed by atoms with Gasteiger partial charge < -0.3 is 4.74 Å². The highest BCUT2D eigenvalue weighted by Crippen LogP contribution is 2.27. The number of hydrogen-bond donors (Lipinski definition) is 0. The molecule has 0 amide bonds. The molecule has 2 unspecified atom stereocenters. The second-order valence-corrected chi connectivity index (χ2v) is 7.94. The van der Waals surface area contributed by atoms with Crippen LogP contribution in [0.4, 0.5) is 0 Å². The monoisotopic (exact) mass is 354 g/mol. The summed E-state index contributed by atoms with van der Waals surface area (Å²) in [5, 5.41) is 0. The minimum atomic E-state index is -0.0638. The van der Waals surface area contributed by atoms with Crippen LogP contribution in [0.2, 0.25) is 0 Å². The summed E-state index contributed by atoms with van der Waals surface area (Å²) in [4.78, 5) is 11.1. The molecule has 0 saturated heterocycles. The largest absolute Gasteiger partial charge is 0.469 e. The first-order valence-electron chi connectivity index (χ1n) is 11.2. The lowest BCUT2D eigenvalue weighted by Crippen LogP contribution is -2.11. The zero-order chi connectivity index (χ0) is 18.8. The quantitative estimate of drug-likeness (QED) is 0.186. The van der Waals surface area contributed by atoms with Crippen LogP contribution in [-0.4, -0.2) is 13.1 Å². The Morgan fingerprint density at radius 1 is 0.760 bits per heavy atom. The second-order valence-electron chi connectivity index (χ2n) is 7.94. The van der Waals surface area contributed by atoms with E-state index in [1.807, 2.05) is 0 Å². The number of carbonyl (C=O) groups is 1. The lowest BCUT2D eigenvalue weighted by Gasteiger charge is -2.23. The molecule has 25 heavy (non-hydrogen) atoms. The van der Waals surface area contributed by atoms with Crippen molar-refractivity contribution in [3.8, 4) is 0 Å². The van der Waals surface area contributed by atoms with Crippen LogP contribution in [0, 0.1) is 11.8 Å². The maximum atomic E-state index is 11.1. The van der Waals surface area contributed by atoms with Gasteiger partial charge >= 0.3 is 5.97 Å². The van der Waals surface area contributed by atoms with Crippen molar-refractivity contribution in [2.24, 2.45) is 11.8 Å². The van der Waals surface area contributed by atoms with Gasteiger partial charge in [0.2, 0.25) is 0 Å².